The molecule has 102 valence electrons. The molecule has 0 spiro atoms. The molecule has 0 aliphatic carbocycles. The molecule has 0 saturated carbocycles. The topological polar surface area (TPSA) is 53.2 Å². The van der Waals surface area contributed by atoms with Gasteiger partial charge < -0.3 is 4.98 Å². The number of para-hydroxylation sites is 1. The van der Waals surface area contributed by atoms with Gasteiger partial charge in [0.2, 0.25) is 0 Å². The Morgan fingerprint density at radius 2 is 2.00 bits per heavy atom. The molecule has 2 aromatic rings. The number of aromatic nitrogens is 1. The third-order valence-corrected chi connectivity index (χ3v) is 3.91. The summed E-state index contributed by atoms with van der Waals surface area (Å²) in [7, 11) is 0. The van der Waals surface area contributed by atoms with Crippen molar-refractivity contribution in [3.8, 4) is 0 Å². The molecule has 0 fully saturated rings. The summed E-state index contributed by atoms with van der Waals surface area (Å²) in [6.07, 6.45) is 2.17. The zero-order valence-corrected chi connectivity index (χ0v) is 12.3. The number of alkyl halides is 1. The van der Waals surface area contributed by atoms with Gasteiger partial charge in [0.25, 0.3) is 11.8 Å². The van der Waals surface area contributed by atoms with Gasteiger partial charge in [-0.25, -0.2) is 0 Å². The van der Waals surface area contributed by atoms with Crippen LogP contribution in [0, 0.1) is 0 Å². The monoisotopic (exact) mass is 332 g/mol. The number of amides is 2. The quantitative estimate of drug-likeness (QED) is 0.691. The molecule has 1 aromatic carbocycles. The van der Waals surface area contributed by atoms with Crippen LogP contribution < -0.4 is 0 Å². The number of halogens is 1. The second kappa shape index (κ2) is 5.25. The van der Waals surface area contributed by atoms with E-state index in [1.54, 1.807) is 0 Å². The van der Waals surface area contributed by atoms with E-state index in [1.165, 1.54) is 11.0 Å². The van der Waals surface area contributed by atoms with E-state index >= 15 is 0 Å². The Balaban J connectivity index is 1.92. The smallest absolute Gasteiger partial charge is 0.263 e. The Hall–Kier alpha value is -1.88. The predicted molar refractivity (Wildman–Crippen MR) is 81.4 cm³/mol. The summed E-state index contributed by atoms with van der Waals surface area (Å²) in [6.45, 7) is 0.448. The molecule has 1 N–H and O–H groups in total. The molecule has 1 aliphatic rings. The summed E-state index contributed by atoms with van der Waals surface area (Å²) in [5.74, 6) is -0.452. The number of hydrogen-bond acceptors (Lipinski definition) is 2. The first-order chi connectivity index (χ1) is 9.70. The first kappa shape index (κ1) is 13.1. The van der Waals surface area contributed by atoms with Crippen LogP contribution in [-0.4, -0.2) is 33.6 Å². The molecule has 0 bridgehead atoms. The Labute approximate surface area is 124 Å². The van der Waals surface area contributed by atoms with Gasteiger partial charge in [0.1, 0.15) is 0 Å². The van der Waals surface area contributed by atoms with Gasteiger partial charge in [-0.2, -0.15) is 0 Å². The molecule has 0 radical (unpaired) electrons. The number of nitrogens with zero attached hydrogens (tertiary/aromatic N) is 1. The summed E-state index contributed by atoms with van der Waals surface area (Å²) < 4.78 is 0. The lowest BCUT2D eigenvalue weighted by molar-refractivity contribution is -0.136. The molecule has 20 heavy (non-hydrogen) atoms. The number of hydrogen-bond donors (Lipinski definition) is 1. The van der Waals surface area contributed by atoms with Gasteiger partial charge in [0.05, 0.1) is 11.3 Å². The Morgan fingerprint density at radius 3 is 2.75 bits per heavy atom. The molecule has 1 aromatic heterocycles. The van der Waals surface area contributed by atoms with E-state index in [1.807, 2.05) is 30.3 Å². The van der Waals surface area contributed by atoms with Gasteiger partial charge in [-0.05, 0) is 18.6 Å². The van der Waals surface area contributed by atoms with Gasteiger partial charge in [0, 0.05) is 28.9 Å². The third-order valence-electron chi connectivity index (χ3n) is 3.34. The van der Waals surface area contributed by atoms with E-state index in [9.17, 15) is 9.59 Å². The van der Waals surface area contributed by atoms with Crippen molar-refractivity contribution in [2.45, 2.75) is 6.42 Å². The number of nitrogens with one attached hydrogen (secondary N) is 1. The molecule has 5 heteroatoms. The van der Waals surface area contributed by atoms with Gasteiger partial charge in [-0.15, -0.1) is 0 Å². The van der Waals surface area contributed by atoms with Crippen molar-refractivity contribution in [3.63, 3.8) is 0 Å². The van der Waals surface area contributed by atoms with Crippen LogP contribution in [0.15, 0.2) is 36.4 Å². The van der Waals surface area contributed by atoms with Crippen molar-refractivity contribution in [2.24, 2.45) is 0 Å². The molecule has 0 atom stereocenters. The number of imide groups is 1. The van der Waals surface area contributed by atoms with E-state index in [0.717, 1.165) is 22.7 Å². The Kier molecular flexibility index (Phi) is 3.44. The van der Waals surface area contributed by atoms with Crippen LogP contribution in [0.5, 0.6) is 0 Å². The number of rotatable bonds is 4. The highest BCUT2D eigenvalue weighted by atomic mass is 79.9. The van der Waals surface area contributed by atoms with Crippen LogP contribution in [0.25, 0.3) is 16.5 Å². The fourth-order valence-electron chi connectivity index (χ4n) is 2.35. The summed E-state index contributed by atoms with van der Waals surface area (Å²) in [5, 5.41) is 1.80. The Bertz CT molecular complexity index is 684. The van der Waals surface area contributed by atoms with E-state index < -0.39 is 0 Å². The average Bonchev–Trinajstić information content (AvgIpc) is 2.98. The summed E-state index contributed by atoms with van der Waals surface area (Å²) in [6, 6.07) is 9.70. The van der Waals surface area contributed by atoms with E-state index in [0.29, 0.717) is 17.8 Å². The molecule has 2 amide bonds. The van der Waals surface area contributed by atoms with Crippen molar-refractivity contribution in [1.82, 2.24) is 9.88 Å². The van der Waals surface area contributed by atoms with Gasteiger partial charge in [0.15, 0.2) is 0 Å². The highest BCUT2D eigenvalue weighted by Gasteiger charge is 2.31. The normalized spacial score (nSPS) is 15.2. The van der Waals surface area contributed by atoms with Gasteiger partial charge in [-0.1, -0.05) is 34.1 Å². The van der Waals surface area contributed by atoms with Crippen LogP contribution in [0.1, 0.15) is 12.1 Å². The van der Waals surface area contributed by atoms with Crippen molar-refractivity contribution < 1.29 is 9.59 Å². The van der Waals surface area contributed by atoms with E-state index in [4.69, 9.17) is 0 Å². The second-order valence-corrected chi connectivity index (χ2v) is 5.46. The molecule has 3 rings (SSSR count). The van der Waals surface area contributed by atoms with E-state index in [-0.39, 0.29) is 11.8 Å². The maximum absolute atomic E-state index is 12.3. The van der Waals surface area contributed by atoms with Gasteiger partial charge >= 0.3 is 0 Å². The van der Waals surface area contributed by atoms with Crippen molar-refractivity contribution >= 4 is 44.2 Å². The summed E-state index contributed by atoms with van der Waals surface area (Å²) in [5.41, 5.74) is 2.11. The fraction of sp³-hybridized carbons (Fsp3) is 0.200. The lowest BCUT2D eigenvalue weighted by Gasteiger charge is -2.13. The van der Waals surface area contributed by atoms with Crippen molar-refractivity contribution in [2.75, 3.05) is 11.9 Å². The predicted octanol–water partition coefficient (Wildman–Crippen LogP) is 2.71. The van der Waals surface area contributed by atoms with Crippen LogP contribution in [-0.2, 0) is 9.59 Å². The number of benzene rings is 1. The number of fused-ring (bicyclic) bond motifs is 1. The zero-order valence-electron chi connectivity index (χ0n) is 10.7. The maximum atomic E-state index is 12.3. The summed E-state index contributed by atoms with van der Waals surface area (Å²) >= 11 is 3.31. The second-order valence-electron chi connectivity index (χ2n) is 4.67. The highest BCUT2D eigenvalue weighted by Crippen LogP contribution is 2.26. The number of carbonyl (C=O) groups is 2. The summed E-state index contributed by atoms with van der Waals surface area (Å²) in [4.78, 5) is 28.7. The zero-order chi connectivity index (χ0) is 14.1. The van der Waals surface area contributed by atoms with Crippen LogP contribution in [0.4, 0.5) is 0 Å². The SMILES string of the molecule is O=C1C=C(c2cc3ccccc3[nH]2)C(=O)N1CCCBr. The maximum Gasteiger partial charge on any atom is 0.263 e. The fourth-order valence-corrected chi connectivity index (χ4v) is 2.60. The Morgan fingerprint density at radius 1 is 1.20 bits per heavy atom. The number of carbonyl (C=O) groups excluding carboxylic acids is 2. The molecular weight excluding hydrogens is 320 g/mol. The molecule has 0 unspecified atom stereocenters. The molecule has 4 nitrogen and oxygen atoms in total. The lowest BCUT2D eigenvalue weighted by atomic mass is 10.2. The van der Waals surface area contributed by atoms with Crippen molar-refractivity contribution in [1.29, 1.82) is 0 Å². The minimum atomic E-state index is -0.232. The molecular formula is C15H13BrN2O2. The van der Waals surface area contributed by atoms with Crippen LogP contribution >= 0.6 is 15.9 Å². The number of aromatic amines is 1. The number of H-pyrrole nitrogens is 1. The third kappa shape index (κ3) is 2.18. The lowest BCUT2D eigenvalue weighted by Crippen LogP contribution is -2.32. The minimum absolute atomic E-state index is 0.220. The molecule has 0 saturated heterocycles. The van der Waals surface area contributed by atoms with Crippen molar-refractivity contribution in [3.05, 3.63) is 42.1 Å². The highest BCUT2D eigenvalue weighted by molar-refractivity contribution is 9.09. The van der Waals surface area contributed by atoms with E-state index in [2.05, 4.69) is 20.9 Å². The largest absolute Gasteiger partial charge is 0.354 e. The minimum Gasteiger partial charge on any atom is -0.354 e. The molecule has 2 heterocycles. The van der Waals surface area contributed by atoms with Crippen LogP contribution in [0.3, 0.4) is 0 Å². The first-order valence-electron chi connectivity index (χ1n) is 6.42. The average molecular weight is 333 g/mol. The first-order valence-corrected chi connectivity index (χ1v) is 7.54. The van der Waals surface area contributed by atoms with Crippen LogP contribution in [0.2, 0.25) is 0 Å². The van der Waals surface area contributed by atoms with Gasteiger partial charge in [-0.3, -0.25) is 14.5 Å². The standard InChI is InChI=1S/C15H13BrN2O2/c16-6-3-7-18-14(19)9-11(15(18)20)13-8-10-4-1-2-5-12(10)17-13/h1-2,4-5,8-9,17H,3,6-7H2. The molecule has 1 aliphatic heterocycles.